The molecule has 0 radical (unpaired) electrons. The van der Waals surface area contributed by atoms with E-state index in [-0.39, 0.29) is 11.8 Å². The van der Waals surface area contributed by atoms with Crippen LogP contribution in [0.2, 0.25) is 0 Å². The minimum absolute atomic E-state index is 0.0260. The summed E-state index contributed by atoms with van der Waals surface area (Å²) >= 11 is 3.46. The van der Waals surface area contributed by atoms with Crippen LogP contribution in [0.25, 0.3) is 0 Å². The van der Waals surface area contributed by atoms with E-state index in [2.05, 4.69) is 21.4 Å². The third-order valence-corrected chi connectivity index (χ3v) is 2.71. The van der Waals surface area contributed by atoms with Crippen LogP contribution in [0.5, 0.6) is 0 Å². The monoisotopic (exact) mass is 206 g/mol. The third kappa shape index (κ3) is 1.70. The van der Waals surface area contributed by atoms with E-state index in [1.165, 1.54) is 0 Å². The molecule has 1 amide bonds. The minimum atomic E-state index is -0.0260. The van der Waals surface area contributed by atoms with E-state index in [0.29, 0.717) is 4.83 Å². The fourth-order valence-electron chi connectivity index (χ4n) is 1.28. The Labute approximate surface area is 68.4 Å². The number of hydrazine groups is 1. The number of hydrogen-bond acceptors (Lipinski definition) is 2. The molecule has 0 spiro atoms. The molecule has 1 aliphatic rings. The van der Waals surface area contributed by atoms with Crippen molar-refractivity contribution >= 4 is 21.8 Å². The number of rotatable bonds is 1. The molecule has 0 saturated heterocycles. The molecule has 0 heterocycles. The maximum Gasteiger partial charge on any atom is 0.237 e. The predicted molar refractivity (Wildman–Crippen MR) is 42.4 cm³/mol. The Bertz CT molecular complexity index is 140. The van der Waals surface area contributed by atoms with Crippen LogP contribution in [0.3, 0.4) is 0 Å². The van der Waals surface area contributed by atoms with Gasteiger partial charge in [-0.15, -0.1) is 0 Å². The fraction of sp³-hybridized carbons (Fsp3) is 0.833. The van der Waals surface area contributed by atoms with Gasteiger partial charge in [0.1, 0.15) is 0 Å². The maximum atomic E-state index is 10.9. The van der Waals surface area contributed by atoms with Gasteiger partial charge in [0.25, 0.3) is 0 Å². The smallest absolute Gasteiger partial charge is 0.237 e. The van der Waals surface area contributed by atoms with Gasteiger partial charge < -0.3 is 0 Å². The molecule has 0 aromatic heterocycles. The summed E-state index contributed by atoms with van der Waals surface area (Å²) in [5.41, 5.74) is 2.17. The van der Waals surface area contributed by atoms with Gasteiger partial charge in [-0.25, -0.2) is 5.84 Å². The number of carbonyl (C=O) groups excluding carboxylic acids is 1. The lowest BCUT2D eigenvalue weighted by atomic mass is 10.1. The third-order valence-electron chi connectivity index (χ3n) is 1.88. The highest BCUT2D eigenvalue weighted by Gasteiger charge is 2.27. The van der Waals surface area contributed by atoms with Crippen LogP contribution in [0, 0.1) is 5.92 Å². The molecule has 1 rings (SSSR count). The molecule has 58 valence electrons. The van der Waals surface area contributed by atoms with Crippen LogP contribution in [0.15, 0.2) is 0 Å². The molecule has 0 bridgehead atoms. The molecule has 3 nitrogen and oxygen atoms in total. The standard InChI is InChI=1S/C6H11BrN2O/c7-5-2-1-4(3-5)6(10)9-8/h4-5H,1-3,8H2,(H,9,10). The van der Waals surface area contributed by atoms with Crippen molar-refractivity contribution in [2.75, 3.05) is 0 Å². The van der Waals surface area contributed by atoms with Crippen molar-refractivity contribution in [2.24, 2.45) is 11.8 Å². The van der Waals surface area contributed by atoms with Gasteiger partial charge in [0.05, 0.1) is 0 Å². The molecular weight excluding hydrogens is 196 g/mol. The Morgan fingerprint density at radius 2 is 2.30 bits per heavy atom. The van der Waals surface area contributed by atoms with Gasteiger partial charge in [-0.3, -0.25) is 10.2 Å². The Hall–Kier alpha value is -0.0900. The summed E-state index contributed by atoms with van der Waals surface area (Å²) in [6, 6.07) is 0. The van der Waals surface area contributed by atoms with E-state index in [4.69, 9.17) is 5.84 Å². The zero-order valence-electron chi connectivity index (χ0n) is 5.64. The first kappa shape index (κ1) is 8.01. The number of amides is 1. The molecule has 3 N–H and O–H groups in total. The summed E-state index contributed by atoms with van der Waals surface area (Å²) in [6.07, 6.45) is 2.96. The zero-order valence-corrected chi connectivity index (χ0v) is 7.23. The average Bonchev–Trinajstić information content (AvgIpc) is 2.34. The van der Waals surface area contributed by atoms with Crippen LogP contribution in [0.1, 0.15) is 19.3 Å². The highest BCUT2D eigenvalue weighted by atomic mass is 79.9. The Kier molecular flexibility index (Phi) is 2.68. The lowest BCUT2D eigenvalue weighted by Crippen LogP contribution is -2.34. The second-order valence-corrected chi connectivity index (χ2v) is 3.91. The summed E-state index contributed by atoms with van der Waals surface area (Å²) < 4.78 is 0. The quantitative estimate of drug-likeness (QED) is 0.285. The Morgan fingerprint density at radius 3 is 2.70 bits per heavy atom. The molecule has 1 fully saturated rings. The van der Waals surface area contributed by atoms with Crippen molar-refractivity contribution in [2.45, 2.75) is 24.1 Å². The second-order valence-electron chi connectivity index (χ2n) is 2.62. The molecule has 1 saturated carbocycles. The van der Waals surface area contributed by atoms with Crippen LogP contribution in [0.4, 0.5) is 0 Å². The van der Waals surface area contributed by atoms with Gasteiger partial charge in [-0.05, 0) is 19.3 Å². The zero-order chi connectivity index (χ0) is 7.56. The SMILES string of the molecule is NNC(=O)C1CCC(Br)C1. The van der Waals surface area contributed by atoms with Gasteiger partial charge >= 0.3 is 0 Å². The topological polar surface area (TPSA) is 55.1 Å². The molecule has 10 heavy (non-hydrogen) atoms. The minimum Gasteiger partial charge on any atom is -0.294 e. The molecule has 0 aromatic rings. The number of nitrogens with two attached hydrogens (primary N) is 1. The van der Waals surface area contributed by atoms with Crippen LogP contribution in [-0.4, -0.2) is 10.7 Å². The van der Waals surface area contributed by atoms with Crippen LogP contribution in [-0.2, 0) is 4.79 Å². The van der Waals surface area contributed by atoms with Crippen LogP contribution >= 0.6 is 15.9 Å². The number of carbonyl (C=O) groups is 1. The highest BCUT2D eigenvalue weighted by molar-refractivity contribution is 9.09. The van der Waals surface area contributed by atoms with Crippen molar-refractivity contribution in [1.29, 1.82) is 0 Å². The summed E-state index contributed by atoms with van der Waals surface area (Å²) in [7, 11) is 0. The molecule has 2 atom stereocenters. The molecule has 2 unspecified atom stereocenters. The first-order valence-corrected chi connectivity index (χ1v) is 4.30. The lowest BCUT2D eigenvalue weighted by Gasteiger charge is -2.05. The van der Waals surface area contributed by atoms with Gasteiger partial charge in [0, 0.05) is 10.7 Å². The summed E-state index contributed by atoms with van der Waals surface area (Å²) in [6.45, 7) is 0. The van der Waals surface area contributed by atoms with Gasteiger partial charge in [-0.1, -0.05) is 15.9 Å². The predicted octanol–water partition coefficient (Wildman–Crippen LogP) is 0.540. The first-order valence-electron chi connectivity index (χ1n) is 3.38. The van der Waals surface area contributed by atoms with Crippen molar-refractivity contribution in [3.63, 3.8) is 0 Å². The van der Waals surface area contributed by atoms with Crippen molar-refractivity contribution < 1.29 is 4.79 Å². The van der Waals surface area contributed by atoms with E-state index in [1.54, 1.807) is 0 Å². The number of hydrogen-bond donors (Lipinski definition) is 2. The van der Waals surface area contributed by atoms with E-state index in [9.17, 15) is 4.79 Å². The Morgan fingerprint density at radius 1 is 1.60 bits per heavy atom. The van der Waals surface area contributed by atoms with Crippen molar-refractivity contribution in [3.05, 3.63) is 0 Å². The van der Waals surface area contributed by atoms with Gasteiger partial charge in [0.2, 0.25) is 5.91 Å². The molecule has 0 aromatic carbocycles. The van der Waals surface area contributed by atoms with Crippen molar-refractivity contribution in [3.8, 4) is 0 Å². The fourth-order valence-corrected chi connectivity index (χ4v) is 2.00. The van der Waals surface area contributed by atoms with E-state index < -0.39 is 0 Å². The largest absolute Gasteiger partial charge is 0.294 e. The lowest BCUT2D eigenvalue weighted by molar-refractivity contribution is -0.124. The average molecular weight is 207 g/mol. The first-order chi connectivity index (χ1) is 4.74. The normalized spacial score (nSPS) is 32.2. The number of nitrogens with one attached hydrogen (secondary N) is 1. The summed E-state index contributed by atoms with van der Waals surface area (Å²) in [4.78, 5) is 11.4. The summed E-state index contributed by atoms with van der Waals surface area (Å²) in [5, 5.41) is 0. The van der Waals surface area contributed by atoms with E-state index >= 15 is 0 Å². The van der Waals surface area contributed by atoms with Crippen molar-refractivity contribution in [1.82, 2.24) is 5.43 Å². The maximum absolute atomic E-state index is 10.9. The summed E-state index contributed by atoms with van der Waals surface area (Å²) in [5.74, 6) is 5.09. The van der Waals surface area contributed by atoms with Gasteiger partial charge in [0.15, 0.2) is 0 Å². The van der Waals surface area contributed by atoms with Crippen LogP contribution < -0.4 is 11.3 Å². The highest BCUT2D eigenvalue weighted by Crippen LogP contribution is 2.30. The molecular formula is C6H11BrN2O. The second kappa shape index (κ2) is 3.34. The molecule has 1 aliphatic carbocycles. The molecule has 0 aliphatic heterocycles. The van der Waals surface area contributed by atoms with E-state index in [0.717, 1.165) is 19.3 Å². The van der Waals surface area contributed by atoms with E-state index in [1.807, 2.05) is 0 Å². The number of alkyl halides is 1. The number of halogens is 1. The van der Waals surface area contributed by atoms with Gasteiger partial charge in [-0.2, -0.15) is 0 Å². The Balaban J connectivity index is 2.37. The molecule has 4 heteroatoms.